The van der Waals surface area contributed by atoms with E-state index >= 15 is 0 Å². The van der Waals surface area contributed by atoms with Crippen molar-refractivity contribution < 1.29 is 0 Å². The van der Waals surface area contributed by atoms with E-state index in [1.807, 2.05) is 7.05 Å². The molecule has 20 heavy (non-hydrogen) atoms. The van der Waals surface area contributed by atoms with Gasteiger partial charge in [-0.25, -0.2) is 0 Å². The summed E-state index contributed by atoms with van der Waals surface area (Å²) in [6.45, 7) is 4.82. The lowest BCUT2D eigenvalue weighted by Gasteiger charge is -2.20. The second-order valence-electron chi connectivity index (χ2n) is 4.79. The average Bonchev–Trinajstić information content (AvgIpc) is 2.87. The number of halogens is 1. The molecule has 0 atom stereocenters. The summed E-state index contributed by atoms with van der Waals surface area (Å²) in [4.78, 5) is 2.13. The first-order chi connectivity index (χ1) is 9.52. The average molecular weight is 291 g/mol. The third kappa shape index (κ3) is 2.95. The van der Waals surface area contributed by atoms with Crippen molar-refractivity contribution in [2.45, 2.75) is 26.4 Å². The van der Waals surface area contributed by atoms with Crippen molar-refractivity contribution in [3.63, 3.8) is 0 Å². The molecule has 7 heteroatoms. The van der Waals surface area contributed by atoms with Crippen molar-refractivity contribution in [3.8, 4) is 11.8 Å². The fraction of sp³-hybridized carbons (Fsp3) is 0.385. The summed E-state index contributed by atoms with van der Waals surface area (Å²) in [5.41, 5.74) is 1.13. The topological polar surface area (TPSA) is 70.6 Å². The molecule has 0 unspecified atom stereocenters. The van der Waals surface area contributed by atoms with Crippen LogP contribution in [0, 0.1) is 11.3 Å². The Morgan fingerprint density at radius 3 is 2.85 bits per heavy atom. The van der Waals surface area contributed by atoms with Crippen LogP contribution in [0.1, 0.15) is 25.2 Å². The van der Waals surface area contributed by atoms with Crippen molar-refractivity contribution in [1.82, 2.24) is 25.1 Å². The van der Waals surface area contributed by atoms with Gasteiger partial charge in [-0.1, -0.05) is 11.6 Å². The number of aromatic nitrogens is 4. The lowest BCUT2D eigenvalue weighted by atomic mass is 10.2. The van der Waals surface area contributed by atoms with Crippen LogP contribution >= 0.6 is 11.6 Å². The molecule has 0 aliphatic carbocycles. The highest BCUT2D eigenvalue weighted by molar-refractivity contribution is 6.31. The van der Waals surface area contributed by atoms with E-state index in [4.69, 9.17) is 16.9 Å². The Balaban J connectivity index is 2.35. The molecular weight excluding hydrogens is 276 g/mol. The van der Waals surface area contributed by atoms with E-state index in [2.05, 4.69) is 40.3 Å². The Kier molecular flexibility index (Phi) is 4.32. The van der Waals surface area contributed by atoms with Crippen molar-refractivity contribution in [2.75, 3.05) is 7.05 Å². The second-order valence-corrected chi connectivity index (χ2v) is 5.20. The van der Waals surface area contributed by atoms with Crippen molar-refractivity contribution in [1.29, 1.82) is 5.26 Å². The number of nitrogens with zero attached hydrogens (tertiary/aromatic N) is 6. The molecular formula is C13H15ClN6. The lowest BCUT2D eigenvalue weighted by molar-refractivity contribution is 0.257. The van der Waals surface area contributed by atoms with E-state index in [1.165, 1.54) is 0 Å². The van der Waals surface area contributed by atoms with Crippen LogP contribution in [0.25, 0.3) is 5.69 Å². The molecule has 0 aliphatic rings. The minimum atomic E-state index is 0.389. The van der Waals surface area contributed by atoms with Crippen molar-refractivity contribution in [3.05, 3.63) is 34.6 Å². The number of nitriles is 1. The first-order valence-corrected chi connectivity index (χ1v) is 6.58. The van der Waals surface area contributed by atoms with Gasteiger partial charge < -0.3 is 0 Å². The van der Waals surface area contributed by atoms with Crippen LogP contribution in [0.5, 0.6) is 0 Å². The van der Waals surface area contributed by atoms with Gasteiger partial charge in [0.05, 0.1) is 22.8 Å². The van der Waals surface area contributed by atoms with Crippen LogP contribution in [0.3, 0.4) is 0 Å². The van der Waals surface area contributed by atoms with Gasteiger partial charge in [0.2, 0.25) is 0 Å². The molecule has 0 radical (unpaired) electrons. The summed E-state index contributed by atoms with van der Waals surface area (Å²) in [5, 5.41) is 21.2. The van der Waals surface area contributed by atoms with E-state index in [0.717, 1.165) is 5.69 Å². The maximum atomic E-state index is 9.02. The molecule has 0 spiro atoms. The van der Waals surface area contributed by atoms with Crippen LogP contribution in [0.4, 0.5) is 0 Å². The third-order valence-electron chi connectivity index (χ3n) is 3.12. The quantitative estimate of drug-likeness (QED) is 0.861. The van der Waals surface area contributed by atoms with Gasteiger partial charge in [0.25, 0.3) is 0 Å². The number of benzene rings is 1. The number of hydrogen-bond donors (Lipinski definition) is 0. The molecule has 0 saturated carbocycles. The molecule has 2 aromatic rings. The van der Waals surface area contributed by atoms with Gasteiger partial charge in [0, 0.05) is 6.04 Å². The molecule has 0 fully saturated rings. The highest BCUT2D eigenvalue weighted by atomic mass is 35.5. The van der Waals surface area contributed by atoms with Crippen molar-refractivity contribution >= 4 is 11.6 Å². The molecule has 0 aliphatic heterocycles. The van der Waals surface area contributed by atoms with Crippen LogP contribution < -0.4 is 0 Å². The van der Waals surface area contributed by atoms with Gasteiger partial charge in [-0.05, 0) is 49.5 Å². The molecule has 1 heterocycles. The third-order valence-corrected chi connectivity index (χ3v) is 3.45. The van der Waals surface area contributed by atoms with E-state index < -0.39 is 0 Å². The zero-order chi connectivity index (χ0) is 14.7. The molecule has 104 valence electrons. The first-order valence-electron chi connectivity index (χ1n) is 6.20. The van der Waals surface area contributed by atoms with Crippen LogP contribution in [0.2, 0.25) is 5.02 Å². The molecule has 0 N–H and O–H groups in total. The zero-order valence-electron chi connectivity index (χ0n) is 11.6. The van der Waals surface area contributed by atoms with E-state index in [-0.39, 0.29) is 0 Å². The lowest BCUT2D eigenvalue weighted by Crippen LogP contribution is -2.27. The maximum absolute atomic E-state index is 9.02. The normalized spacial score (nSPS) is 11.1. The summed E-state index contributed by atoms with van der Waals surface area (Å²) in [6.07, 6.45) is 0. The summed E-state index contributed by atoms with van der Waals surface area (Å²) < 4.78 is 1.62. The van der Waals surface area contributed by atoms with E-state index in [1.54, 1.807) is 22.9 Å². The maximum Gasteiger partial charge on any atom is 0.170 e. The Hall–Kier alpha value is -1.97. The van der Waals surface area contributed by atoms with Gasteiger partial charge in [0.1, 0.15) is 6.07 Å². The summed E-state index contributed by atoms with van der Waals surface area (Å²) in [5.74, 6) is 0.715. The fourth-order valence-corrected chi connectivity index (χ4v) is 1.80. The molecule has 1 aromatic carbocycles. The molecule has 0 amide bonds. The summed E-state index contributed by atoms with van der Waals surface area (Å²) in [6, 6.07) is 7.58. The predicted molar refractivity (Wildman–Crippen MR) is 75.5 cm³/mol. The standard InChI is InChI=1S/C13H15ClN6/c1-9(2)19(3)8-13-16-17-18-20(13)11-4-5-12(14)10(6-11)7-15/h4-6,9H,8H2,1-3H3. The fourth-order valence-electron chi connectivity index (χ4n) is 1.64. The second kappa shape index (κ2) is 5.99. The van der Waals surface area contributed by atoms with Crippen LogP contribution in [0.15, 0.2) is 18.2 Å². The minimum absolute atomic E-state index is 0.389. The smallest absolute Gasteiger partial charge is 0.170 e. The van der Waals surface area contributed by atoms with Crippen LogP contribution in [-0.2, 0) is 6.54 Å². The highest BCUT2D eigenvalue weighted by Gasteiger charge is 2.13. The van der Waals surface area contributed by atoms with Crippen LogP contribution in [-0.4, -0.2) is 38.2 Å². The molecule has 0 bridgehead atoms. The molecule has 0 saturated heterocycles. The Labute approximate surface area is 122 Å². The Morgan fingerprint density at radius 2 is 2.20 bits per heavy atom. The monoisotopic (exact) mass is 290 g/mol. The SMILES string of the molecule is CC(C)N(C)Cc1nnnn1-c1ccc(Cl)c(C#N)c1. The first kappa shape index (κ1) is 14.4. The zero-order valence-corrected chi connectivity index (χ0v) is 12.3. The molecule has 2 rings (SSSR count). The minimum Gasteiger partial charge on any atom is -0.297 e. The molecule has 1 aromatic heterocycles. The highest BCUT2D eigenvalue weighted by Crippen LogP contribution is 2.19. The number of hydrogen-bond acceptors (Lipinski definition) is 5. The van der Waals surface area contributed by atoms with Gasteiger partial charge in [0.15, 0.2) is 5.82 Å². The number of tetrazole rings is 1. The van der Waals surface area contributed by atoms with Crippen molar-refractivity contribution in [2.24, 2.45) is 0 Å². The van der Waals surface area contributed by atoms with E-state index in [0.29, 0.717) is 29.0 Å². The Morgan fingerprint density at radius 1 is 1.45 bits per heavy atom. The number of rotatable bonds is 4. The largest absolute Gasteiger partial charge is 0.297 e. The van der Waals surface area contributed by atoms with Gasteiger partial charge in [-0.15, -0.1) is 5.10 Å². The summed E-state index contributed by atoms with van der Waals surface area (Å²) in [7, 11) is 2.01. The Bertz CT molecular complexity index is 643. The van der Waals surface area contributed by atoms with E-state index in [9.17, 15) is 0 Å². The summed E-state index contributed by atoms with van der Waals surface area (Å²) >= 11 is 5.93. The predicted octanol–water partition coefficient (Wildman–Crippen LogP) is 2.03. The van der Waals surface area contributed by atoms with Gasteiger partial charge >= 0.3 is 0 Å². The van der Waals surface area contributed by atoms with Gasteiger partial charge in [-0.2, -0.15) is 9.94 Å². The molecule has 6 nitrogen and oxygen atoms in total. The van der Waals surface area contributed by atoms with Gasteiger partial charge in [-0.3, -0.25) is 4.90 Å².